The van der Waals surface area contributed by atoms with Crippen molar-refractivity contribution in [2.45, 2.75) is 18.8 Å². The summed E-state index contributed by atoms with van der Waals surface area (Å²) in [5.74, 6) is 0.545. The first-order valence-electron chi connectivity index (χ1n) is 9.00. The summed E-state index contributed by atoms with van der Waals surface area (Å²) in [6.07, 6.45) is 5.63. The van der Waals surface area contributed by atoms with E-state index >= 15 is 0 Å². The van der Waals surface area contributed by atoms with Crippen LogP contribution in [0.2, 0.25) is 0 Å². The molecule has 1 fully saturated rings. The molecule has 1 aromatic heterocycles. The summed E-state index contributed by atoms with van der Waals surface area (Å²) in [7, 11) is 0. The fourth-order valence-electron chi connectivity index (χ4n) is 3.49. The van der Waals surface area contributed by atoms with Gasteiger partial charge in [0.05, 0.1) is 5.69 Å². The molecule has 0 bridgehead atoms. The van der Waals surface area contributed by atoms with Crippen LogP contribution in [0.5, 0.6) is 0 Å². The molecular weight excluding hydrogens is 324 g/mol. The number of carbonyl (C=O) groups is 1. The van der Waals surface area contributed by atoms with E-state index in [0.717, 1.165) is 37.3 Å². The van der Waals surface area contributed by atoms with Gasteiger partial charge in [-0.3, -0.25) is 0 Å². The van der Waals surface area contributed by atoms with Crippen molar-refractivity contribution in [3.63, 3.8) is 0 Å². The van der Waals surface area contributed by atoms with E-state index in [2.05, 4.69) is 34.7 Å². The summed E-state index contributed by atoms with van der Waals surface area (Å²) in [6.45, 7) is 1.56. The minimum Gasteiger partial charge on any atom is -0.324 e. The highest BCUT2D eigenvalue weighted by molar-refractivity contribution is 5.89. The molecule has 26 heavy (non-hydrogen) atoms. The number of nitrogens with zero attached hydrogens (tertiary/aromatic N) is 3. The van der Waals surface area contributed by atoms with E-state index in [0.29, 0.717) is 5.92 Å². The van der Waals surface area contributed by atoms with Crippen LogP contribution in [0, 0.1) is 0 Å². The standard InChI is InChI=1S/C21H22N4O/c26-21(23-19-8-4-9-20(16-19)25-13-5-12-22-25)24-14-10-18(11-15-24)17-6-2-1-3-7-17/h1-9,12-13,16,18H,10-11,14-15H2,(H,23,26). The zero-order chi connectivity index (χ0) is 17.8. The lowest BCUT2D eigenvalue weighted by atomic mass is 9.90. The molecule has 1 aliphatic heterocycles. The van der Waals surface area contributed by atoms with Gasteiger partial charge in [-0.15, -0.1) is 0 Å². The molecule has 5 heteroatoms. The molecular formula is C21H22N4O. The predicted octanol–water partition coefficient (Wildman–Crippen LogP) is 4.28. The van der Waals surface area contributed by atoms with Gasteiger partial charge in [0.1, 0.15) is 0 Å². The number of amides is 2. The maximum atomic E-state index is 12.6. The number of piperidine rings is 1. The van der Waals surface area contributed by atoms with Crippen LogP contribution < -0.4 is 5.32 Å². The Morgan fingerprint density at radius 1 is 1.00 bits per heavy atom. The Morgan fingerprint density at radius 3 is 2.54 bits per heavy atom. The number of aromatic nitrogens is 2. The van der Waals surface area contributed by atoms with Crippen molar-refractivity contribution in [1.29, 1.82) is 0 Å². The first-order valence-corrected chi connectivity index (χ1v) is 9.00. The van der Waals surface area contributed by atoms with E-state index in [1.165, 1.54) is 5.56 Å². The third kappa shape index (κ3) is 3.61. The van der Waals surface area contributed by atoms with Crippen molar-refractivity contribution >= 4 is 11.7 Å². The maximum absolute atomic E-state index is 12.6. The number of carbonyl (C=O) groups excluding carboxylic acids is 1. The molecule has 132 valence electrons. The van der Waals surface area contributed by atoms with Crippen LogP contribution >= 0.6 is 0 Å². The molecule has 4 rings (SSSR count). The van der Waals surface area contributed by atoms with E-state index in [1.807, 2.05) is 47.5 Å². The second-order valence-corrected chi connectivity index (χ2v) is 6.60. The van der Waals surface area contributed by atoms with E-state index < -0.39 is 0 Å². The average molecular weight is 346 g/mol. The summed E-state index contributed by atoms with van der Waals surface area (Å²) in [5.41, 5.74) is 3.09. The summed E-state index contributed by atoms with van der Waals surface area (Å²) in [5, 5.41) is 7.24. The van der Waals surface area contributed by atoms with Crippen molar-refractivity contribution in [1.82, 2.24) is 14.7 Å². The number of hydrogen-bond acceptors (Lipinski definition) is 2. The van der Waals surface area contributed by atoms with Crippen molar-refractivity contribution in [3.05, 3.63) is 78.6 Å². The van der Waals surface area contributed by atoms with Gasteiger partial charge >= 0.3 is 6.03 Å². The average Bonchev–Trinajstić information content (AvgIpc) is 3.24. The molecule has 2 heterocycles. The Balaban J connectivity index is 1.37. The zero-order valence-electron chi connectivity index (χ0n) is 14.6. The van der Waals surface area contributed by atoms with Crippen LogP contribution in [0.25, 0.3) is 5.69 Å². The quantitative estimate of drug-likeness (QED) is 0.769. The molecule has 2 aromatic carbocycles. The fourth-order valence-corrected chi connectivity index (χ4v) is 3.49. The van der Waals surface area contributed by atoms with E-state index in [-0.39, 0.29) is 6.03 Å². The highest BCUT2D eigenvalue weighted by atomic mass is 16.2. The molecule has 0 atom stereocenters. The first-order chi connectivity index (χ1) is 12.8. The molecule has 0 aliphatic carbocycles. The van der Waals surface area contributed by atoms with Gasteiger partial charge in [0, 0.05) is 31.2 Å². The van der Waals surface area contributed by atoms with Crippen LogP contribution in [-0.4, -0.2) is 33.8 Å². The number of hydrogen-bond donors (Lipinski definition) is 1. The fraction of sp³-hybridized carbons (Fsp3) is 0.238. The molecule has 1 N–H and O–H groups in total. The minimum atomic E-state index is -0.0332. The molecule has 0 spiro atoms. The molecule has 1 aliphatic rings. The van der Waals surface area contributed by atoms with Gasteiger partial charge in [-0.2, -0.15) is 5.10 Å². The first kappa shape index (κ1) is 16.4. The number of nitrogens with one attached hydrogen (secondary N) is 1. The molecule has 0 unspecified atom stereocenters. The van der Waals surface area contributed by atoms with E-state index in [4.69, 9.17) is 0 Å². The number of benzene rings is 2. The number of urea groups is 1. The Morgan fingerprint density at radius 2 is 1.81 bits per heavy atom. The molecule has 3 aromatic rings. The van der Waals surface area contributed by atoms with Crippen LogP contribution in [-0.2, 0) is 0 Å². The zero-order valence-corrected chi connectivity index (χ0v) is 14.6. The van der Waals surface area contributed by atoms with Crippen molar-refractivity contribution in [3.8, 4) is 5.69 Å². The van der Waals surface area contributed by atoms with Crippen LogP contribution in [0.3, 0.4) is 0 Å². The van der Waals surface area contributed by atoms with Crippen LogP contribution in [0.1, 0.15) is 24.3 Å². The summed E-state index contributed by atoms with van der Waals surface area (Å²) in [6, 6.07) is 20.1. The number of anilines is 1. The van der Waals surface area contributed by atoms with E-state index in [1.54, 1.807) is 10.9 Å². The smallest absolute Gasteiger partial charge is 0.321 e. The third-order valence-corrected chi connectivity index (χ3v) is 4.92. The van der Waals surface area contributed by atoms with Crippen molar-refractivity contribution in [2.75, 3.05) is 18.4 Å². The van der Waals surface area contributed by atoms with Crippen LogP contribution in [0.4, 0.5) is 10.5 Å². The van der Waals surface area contributed by atoms with Gasteiger partial charge in [-0.25, -0.2) is 9.48 Å². The Labute approximate surface area is 153 Å². The lowest BCUT2D eigenvalue weighted by Crippen LogP contribution is -2.40. The second-order valence-electron chi connectivity index (χ2n) is 6.60. The predicted molar refractivity (Wildman–Crippen MR) is 103 cm³/mol. The number of rotatable bonds is 3. The molecule has 5 nitrogen and oxygen atoms in total. The second kappa shape index (κ2) is 7.44. The Hall–Kier alpha value is -3.08. The lowest BCUT2D eigenvalue weighted by molar-refractivity contribution is 0.194. The Kier molecular flexibility index (Phi) is 4.69. The maximum Gasteiger partial charge on any atom is 0.321 e. The van der Waals surface area contributed by atoms with Gasteiger partial charge in [0.25, 0.3) is 0 Å². The normalized spacial score (nSPS) is 15.0. The molecule has 2 amide bonds. The van der Waals surface area contributed by atoms with E-state index in [9.17, 15) is 4.79 Å². The monoisotopic (exact) mass is 346 g/mol. The molecule has 1 saturated heterocycles. The minimum absolute atomic E-state index is 0.0332. The largest absolute Gasteiger partial charge is 0.324 e. The van der Waals surface area contributed by atoms with Crippen molar-refractivity contribution in [2.24, 2.45) is 0 Å². The highest BCUT2D eigenvalue weighted by Gasteiger charge is 2.23. The van der Waals surface area contributed by atoms with Gasteiger partial charge in [-0.1, -0.05) is 36.4 Å². The van der Waals surface area contributed by atoms with Gasteiger partial charge < -0.3 is 10.2 Å². The molecule has 0 saturated carbocycles. The van der Waals surface area contributed by atoms with Crippen LogP contribution in [0.15, 0.2) is 73.1 Å². The van der Waals surface area contributed by atoms with Gasteiger partial charge in [-0.05, 0) is 48.6 Å². The third-order valence-electron chi connectivity index (χ3n) is 4.92. The van der Waals surface area contributed by atoms with Gasteiger partial charge in [0.15, 0.2) is 0 Å². The lowest BCUT2D eigenvalue weighted by Gasteiger charge is -2.32. The summed E-state index contributed by atoms with van der Waals surface area (Å²) < 4.78 is 1.78. The SMILES string of the molecule is O=C(Nc1cccc(-n2cccn2)c1)N1CCC(c2ccccc2)CC1. The molecule has 0 radical (unpaired) electrons. The summed E-state index contributed by atoms with van der Waals surface area (Å²) in [4.78, 5) is 14.5. The highest BCUT2D eigenvalue weighted by Crippen LogP contribution is 2.28. The Bertz CT molecular complexity index is 853. The topological polar surface area (TPSA) is 50.2 Å². The van der Waals surface area contributed by atoms with Crippen molar-refractivity contribution < 1.29 is 4.79 Å². The summed E-state index contributed by atoms with van der Waals surface area (Å²) >= 11 is 0. The van der Waals surface area contributed by atoms with Gasteiger partial charge in [0.2, 0.25) is 0 Å². The number of likely N-dealkylation sites (tertiary alicyclic amines) is 1.